The summed E-state index contributed by atoms with van der Waals surface area (Å²) in [6.45, 7) is -0.652. The highest BCUT2D eigenvalue weighted by Crippen LogP contribution is 2.50. The molecule has 2 unspecified atom stereocenters. The molecule has 2 saturated carbocycles. The largest absolute Gasteiger partial charge is 0.470 e. The topological polar surface area (TPSA) is 432 Å². The van der Waals surface area contributed by atoms with E-state index in [1.54, 1.807) is 0 Å². The highest BCUT2D eigenvalue weighted by molar-refractivity contribution is 7.47. The zero-order valence-electron chi connectivity index (χ0n) is 43.1. The van der Waals surface area contributed by atoms with Gasteiger partial charge in [-0.05, 0) is 12.8 Å². The van der Waals surface area contributed by atoms with E-state index in [9.17, 15) is 62.2 Å². The Morgan fingerprint density at radius 2 is 0.566 bits per heavy atom. The average Bonchev–Trinajstić information content (AvgIpc) is 3.32. The number of rotatable bonds is 45. The first-order valence-electron chi connectivity index (χ1n) is 23.5. The lowest BCUT2D eigenvalue weighted by Crippen LogP contribution is -2.67. The summed E-state index contributed by atoms with van der Waals surface area (Å²) in [5.41, 5.74) is 0. The predicted octanol–water partition coefficient (Wildman–Crippen LogP) is -1.38. The molecule has 0 aromatic rings. The van der Waals surface area contributed by atoms with Gasteiger partial charge in [0.2, 0.25) is 0 Å². The smallest absolute Gasteiger partial charge is 0.457 e. The fourth-order valence-electron chi connectivity index (χ4n) is 7.73. The van der Waals surface area contributed by atoms with Crippen LogP contribution in [0, 0.1) is 0 Å². The van der Waals surface area contributed by atoms with Gasteiger partial charge in [0.05, 0.1) is 106 Å². The highest BCUT2D eigenvalue weighted by atomic mass is 31.2. The maximum atomic E-state index is 13.8. The highest BCUT2D eigenvalue weighted by Gasteiger charge is 2.60. The second kappa shape index (κ2) is 38.2. The molecular formula is C39H78O33P4. The number of phosphoric acid groups is 4. The molecule has 0 bridgehead atoms. The van der Waals surface area contributed by atoms with Gasteiger partial charge in [0.25, 0.3) is 0 Å². The number of phosphoric ester groups is 4. The molecular weight excluding hydrogens is 1120 g/mol. The number of hydrogen-bond acceptors (Lipinski definition) is 25. The third-order valence-corrected chi connectivity index (χ3v) is 12.8. The first-order chi connectivity index (χ1) is 35.9. The monoisotopic (exact) mass is 1200 g/mol. The summed E-state index contributed by atoms with van der Waals surface area (Å²) in [6.07, 6.45) is -21.8. The molecule has 452 valence electrons. The van der Waals surface area contributed by atoms with E-state index in [4.69, 9.17) is 93.9 Å². The molecule has 37 heteroatoms. The van der Waals surface area contributed by atoms with E-state index in [1.165, 1.54) is 28.4 Å². The molecule has 0 aromatic heterocycles. The lowest BCUT2D eigenvalue weighted by molar-refractivity contribution is -0.257. The minimum Gasteiger partial charge on any atom is -0.457 e. The zero-order chi connectivity index (χ0) is 56.8. The number of esters is 1. The Morgan fingerprint density at radius 3 is 0.829 bits per heavy atom. The number of carbonyl (C=O) groups excluding carboxylic acids is 1. The van der Waals surface area contributed by atoms with Crippen molar-refractivity contribution in [1.82, 2.24) is 0 Å². The second-order valence-electron chi connectivity index (χ2n) is 16.2. The van der Waals surface area contributed by atoms with Gasteiger partial charge in [0.1, 0.15) is 67.1 Å². The van der Waals surface area contributed by atoms with E-state index in [0.29, 0.717) is 0 Å². The van der Waals surface area contributed by atoms with Crippen molar-refractivity contribution in [3.8, 4) is 0 Å². The van der Waals surface area contributed by atoms with Crippen LogP contribution in [0.4, 0.5) is 0 Å². The van der Waals surface area contributed by atoms with E-state index in [-0.39, 0.29) is 125 Å². The Balaban J connectivity index is 2.51. The molecule has 33 nitrogen and oxygen atoms in total. The molecule has 8 N–H and O–H groups in total. The molecule has 0 amide bonds. The maximum Gasteiger partial charge on any atom is 0.470 e. The van der Waals surface area contributed by atoms with Gasteiger partial charge in [-0.3, -0.25) is 22.9 Å². The summed E-state index contributed by atoms with van der Waals surface area (Å²) < 4.78 is 159. The van der Waals surface area contributed by atoms with Crippen LogP contribution >= 0.6 is 31.3 Å². The molecule has 0 saturated heterocycles. The Kier molecular flexibility index (Phi) is 35.9. The van der Waals surface area contributed by atoms with Crippen molar-refractivity contribution >= 4 is 37.3 Å². The van der Waals surface area contributed by atoms with Crippen LogP contribution in [-0.2, 0) is 117 Å². The van der Waals surface area contributed by atoms with E-state index >= 15 is 0 Å². The predicted molar refractivity (Wildman–Crippen MR) is 252 cm³/mol. The van der Waals surface area contributed by atoms with Crippen LogP contribution in [0.5, 0.6) is 0 Å². The molecule has 76 heavy (non-hydrogen) atoms. The van der Waals surface area contributed by atoms with Crippen molar-refractivity contribution in [3.63, 3.8) is 0 Å². The summed E-state index contributed by atoms with van der Waals surface area (Å²) in [5, 5.41) is 0. The van der Waals surface area contributed by atoms with E-state index in [0.717, 1.165) is 14.2 Å². The van der Waals surface area contributed by atoms with Crippen molar-refractivity contribution in [3.05, 3.63) is 0 Å². The van der Waals surface area contributed by atoms with Gasteiger partial charge < -0.3 is 115 Å². The van der Waals surface area contributed by atoms with Crippen molar-refractivity contribution in [2.24, 2.45) is 0 Å². The second-order valence-corrected chi connectivity index (χ2v) is 20.9. The molecule has 2 rings (SSSR count). The lowest BCUT2D eigenvalue weighted by Gasteiger charge is -2.49. The van der Waals surface area contributed by atoms with Gasteiger partial charge >= 0.3 is 37.3 Å². The molecule has 2 fully saturated rings. The summed E-state index contributed by atoms with van der Waals surface area (Å²) in [4.78, 5) is 94.4. The standard InChI is InChI=1S/C39H78O33P4/c1-53-11-15-59-19-23-64-31-28(57-5)30(36(69-73(41,42)43)34(37(31)70-74(44,45)46)67-26-22-62-18-14-56-4)63-10-8-7-9-27(40)68-35-38(71-75(47,48)49)32(65-24-20-60-16-12-54-2)29(58-6)33(39(35)72-76(50,51)52)66-25-21-61-17-13-55-3/h28-39H,7-26H2,1-6H3,(H2,41,42,43)(H2,44,45,46)(H2,47,48,49)(H2,50,51,52)/t28-,29?,30+,31+,32-,33+,34-,35?,36+,37-,38+,39-/m0/s1. The van der Waals surface area contributed by atoms with E-state index in [2.05, 4.69) is 0 Å². The minimum absolute atomic E-state index is 0.0794. The third-order valence-electron chi connectivity index (χ3n) is 10.7. The van der Waals surface area contributed by atoms with Crippen molar-refractivity contribution in [2.45, 2.75) is 92.5 Å². The molecule has 12 atom stereocenters. The summed E-state index contributed by atoms with van der Waals surface area (Å²) in [7, 11) is -14.0. The molecule has 0 heterocycles. The van der Waals surface area contributed by atoms with Crippen LogP contribution < -0.4 is 0 Å². The van der Waals surface area contributed by atoms with Gasteiger partial charge in [-0.15, -0.1) is 0 Å². The average molecular weight is 1200 g/mol. The summed E-state index contributed by atoms with van der Waals surface area (Å²) in [5.74, 6) is -1.14. The van der Waals surface area contributed by atoms with Crippen molar-refractivity contribution in [1.29, 1.82) is 0 Å². The van der Waals surface area contributed by atoms with E-state index in [1.807, 2.05) is 0 Å². The summed E-state index contributed by atoms with van der Waals surface area (Å²) in [6, 6.07) is 0. The van der Waals surface area contributed by atoms with Gasteiger partial charge in [0, 0.05) is 55.7 Å². The fraction of sp³-hybridized carbons (Fsp3) is 0.974. The molecule has 0 spiro atoms. The van der Waals surface area contributed by atoms with Gasteiger partial charge in [0.15, 0.2) is 6.10 Å². The van der Waals surface area contributed by atoms with Gasteiger partial charge in [-0.2, -0.15) is 0 Å². The van der Waals surface area contributed by atoms with Crippen LogP contribution in [-0.4, -0.2) is 273 Å². The van der Waals surface area contributed by atoms with Crippen LogP contribution in [0.25, 0.3) is 0 Å². The Morgan fingerprint density at radius 1 is 0.316 bits per heavy atom. The number of methoxy groups -OCH3 is 6. The SMILES string of the molecule is COCCOCCO[C@@H]1[C@@H](OP(=O)(O)O)[C@H](OCCOCCOC)[C@@H](OC)[C@@H](OCCCCC(=O)OC2[C@@H](OP(=O)(O)O)[C@H](OCCOCCOC)C(OC)[C@H](OCCOCCOC)[C@H]2OP(=O)(O)O)[C@H]1OP(=O)(O)O. The molecule has 0 aliphatic heterocycles. The third kappa shape index (κ3) is 28.8. The molecule has 0 radical (unpaired) electrons. The summed E-state index contributed by atoms with van der Waals surface area (Å²) >= 11 is 0. The zero-order valence-corrected chi connectivity index (χ0v) is 46.7. The molecule has 2 aliphatic carbocycles. The first-order valence-corrected chi connectivity index (χ1v) is 29.6. The Hall–Kier alpha value is -0.690. The van der Waals surface area contributed by atoms with Crippen LogP contribution in [0.1, 0.15) is 19.3 Å². The number of ether oxygens (including phenoxy) is 16. The quantitative estimate of drug-likeness (QED) is 0.0198. The van der Waals surface area contributed by atoms with Crippen LogP contribution in [0.3, 0.4) is 0 Å². The normalized spacial score (nSPS) is 26.8. The number of hydrogen-bond donors (Lipinski definition) is 8. The first kappa shape index (κ1) is 71.4. The number of carbonyl (C=O) groups is 1. The van der Waals surface area contributed by atoms with Crippen LogP contribution in [0.15, 0.2) is 0 Å². The molecule has 2 aliphatic rings. The number of unbranched alkanes of at least 4 members (excludes halogenated alkanes) is 1. The minimum atomic E-state index is -5.57. The molecule has 0 aromatic carbocycles. The Labute approximate surface area is 440 Å². The fourth-order valence-corrected chi connectivity index (χ4v) is 9.96. The van der Waals surface area contributed by atoms with E-state index < -0.39 is 117 Å². The maximum absolute atomic E-state index is 13.8. The van der Waals surface area contributed by atoms with Crippen molar-refractivity contribution < 1.29 is 156 Å². The Bertz CT molecular complexity index is 1680. The van der Waals surface area contributed by atoms with Crippen molar-refractivity contribution in [2.75, 3.05) is 155 Å². The van der Waals surface area contributed by atoms with Crippen LogP contribution in [0.2, 0.25) is 0 Å². The van der Waals surface area contributed by atoms with Gasteiger partial charge in [-0.25, -0.2) is 18.3 Å². The lowest BCUT2D eigenvalue weighted by atomic mass is 9.84. The van der Waals surface area contributed by atoms with Gasteiger partial charge in [-0.1, -0.05) is 0 Å².